The summed E-state index contributed by atoms with van der Waals surface area (Å²) in [6.07, 6.45) is 0. The third-order valence-electron chi connectivity index (χ3n) is 4.34. The molecule has 26 heavy (non-hydrogen) atoms. The molecule has 0 bridgehead atoms. The highest BCUT2D eigenvalue weighted by Gasteiger charge is 2.20. The van der Waals surface area contributed by atoms with Crippen LogP contribution < -0.4 is 5.32 Å². The number of hydrogen-bond acceptors (Lipinski definition) is 3. The molecule has 1 N–H and O–H groups in total. The van der Waals surface area contributed by atoms with Gasteiger partial charge in [-0.25, -0.2) is 4.99 Å². The van der Waals surface area contributed by atoms with E-state index in [0.29, 0.717) is 19.8 Å². The van der Waals surface area contributed by atoms with Crippen LogP contribution in [0.3, 0.4) is 0 Å². The van der Waals surface area contributed by atoms with E-state index in [0.717, 1.165) is 38.7 Å². The summed E-state index contributed by atoms with van der Waals surface area (Å²) in [6, 6.07) is 8.28. The molecule has 6 nitrogen and oxygen atoms in total. The number of carbonyl (C=O) groups excluding carboxylic acids is 1. The van der Waals surface area contributed by atoms with Gasteiger partial charge in [0.15, 0.2) is 5.96 Å². The second-order valence-electron chi connectivity index (χ2n) is 6.07. The number of hydrogen-bond donors (Lipinski definition) is 1. The summed E-state index contributed by atoms with van der Waals surface area (Å²) in [5, 5.41) is 3.37. The zero-order chi connectivity index (χ0) is 18.1. The van der Waals surface area contributed by atoms with Crippen molar-refractivity contribution in [3.05, 3.63) is 35.4 Å². The van der Waals surface area contributed by atoms with Crippen LogP contribution in [0.15, 0.2) is 29.3 Å². The van der Waals surface area contributed by atoms with Crippen molar-refractivity contribution in [1.82, 2.24) is 15.1 Å². The number of nitrogens with zero attached hydrogens (tertiary/aromatic N) is 3. The van der Waals surface area contributed by atoms with Gasteiger partial charge >= 0.3 is 0 Å². The first-order valence-electron chi connectivity index (χ1n) is 9.09. The van der Waals surface area contributed by atoms with E-state index >= 15 is 0 Å². The van der Waals surface area contributed by atoms with E-state index in [1.807, 2.05) is 24.0 Å². The molecule has 146 valence electrons. The minimum absolute atomic E-state index is 0. The van der Waals surface area contributed by atoms with Crippen LogP contribution in [0.1, 0.15) is 31.9 Å². The zero-order valence-electron chi connectivity index (χ0n) is 16.0. The van der Waals surface area contributed by atoms with Crippen molar-refractivity contribution in [3.8, 4) is 0 Å². The van der Waals surface area contributed by atoms with Crippen LogP contribution in [0.2, 0.25) is 0 Å². The molecule has 0 atom stereocenters. The molecule has 0 unspecified atom stereocenters. The van der Waals surface area contributed by atoms with E-state index in [1.54, 1.807) is 6.92 Å². The largest absolute Gasteiger partial charge is 0.377 e. The highest BCUT2D eigenvalue weighted by atomic mass is 127. The Balaban J connectivity index is 0.00000338. The van der Waals surface area contributed by atoms with Gasteiger partial charge in [-0.05, 0) is 25.0 Å². The van der Waals surface area contributed by atoms with Gasteiger partial charge in [-0.15, -0.1) is 24.0 Å². The molecule has 1 amide bonds. The SMILES string of the molecule is CCNC(=NCc1ccccc1COCC)N1CCN(C(C)=O)CC1.I. The number of halogens is 1. The summed E-state index contributed by atoms with van der Waals surface area (Å²) in [5.74, 6) is 1.06. The molecule has 1 aromatic carbocycles. The number of carbonyl (C=O) groups is 1. The van der Waals surface area contributed by atoms with E-state index in [-0.39, 0.29) is 29.9 Å². The summed E-state index contributed by atoms with van der Waals surface area (Å²) in [4.78, 5) is 20.4. The van der Waals surface area contributed by atoms with Gasteiger partial charge in [-0.2, -0.15) is 0 Å². The number of piperazine rings is 1. The van der Waals surface area contributed by atoms with E-state index in [2.05, 4.69) is 29.3 Å². The fourth-order valence-corrected chi connectivity index (χ4v) is 2.88. The van der Waals surface area contributed by atoms with Crippen LogP contribution in [-0.4, -0.2) is 61.0 Å². The van der Waals surface area contributed by atoms with E-state index in [9.17, 15) is 4.79 Å². The molecule has 0 aliphatic carbocycles. The van der Waals surface area contributed by atoms with Gasteiger partial charge in [0, 0.05) is 46.3 Å². The minimum atomic E-state index is 0. The lowest BCUT2D eigenvalue weighted by molar-refractivity contribution is -0.130. The predicted molar refractivity (Wildman–Crippen MR) is 116 cm³/mol. The Hall–Kier alpha value is -1.35. The van der Waals surface area contributed by atoms with Crippen LogP contribution in [0.25, 0.3) is 0 Å². The standard InChI is InChI=1S/C19H30N4O2.HI/c1-4-20-19(23-12-10-22(11-13-23)16(3)24)21-14-17-8-6-7-9-18(17)15-25-5-2;/h6-9H,4-5,10-15H2,1-3H3,(H,20,21);1H. The van der Waals surface area contributed by atoms with Crippen molar-refractivity contribution in [2.45, 2.75) is 33.9 Å². The van der Waals surface area contributed by atoms with Crippen LogP contribution in [0, 0.1) is 0 Å². The first kappa shape index (κ1) is 22.7. The molecular weight excluding hydrogens is 443 g/mol. The molecule has 0 spiro atoms. The second-order valence-corrected chi connectivity index (χ2v) is 6.07. The van der Waals surface area contributed by atoms with Gasteiger partial charge < -0.3 is 19.9 Å². The Labute approximate surface area is 174 Å². The molecule has 1 aliphatic rings. The second kappa shape index (κ2) is 12.1. The van der Waals surface area contributed by atoms with Crippen molar-refractivity contribution in [2.24, 2.45) is 4.99 Å². The maximum atomic E-state index is 11.5. The molecule has 1 aromatic rings. The monoisotopic (exact) mass is 474 g/mol. The van der Waals surface area contributed by atoms with E-state index in [1.165, 1.54) is 11.1 Å². The molecule has 1 fully saturated rings. The number of nitrogens with one attached hydrogen (secondary N) is 1. The van der Waals surface area contributed by atoms with Crippen LogP contribution >= 0.6 is 24.0 Å². The van der Waals surface area contributed by atoms with Crippen molar-refractivity contribution in [3.63, 3.8) is 0 Å². The maximum absolute atomic E-state index is 11.5. The Morgan fingerprint density at radius 3 is 2.31 bits per heavy atom. The summed E-state index contributed by atoms with van der Waals surface area (Å²) in [6.45, 7) is 11.6. The Kier molecular flexibility index (Phi) is 10.6. The summed E-state index contributed by atoms with van der Waals surface area (Å²) in [7, 11) is 0. The van der Waals surface area contributed by atoms with Gasteiger partial charge in [-0.3, -0.25) is 4.79 Å². The quantitative estimate of drug-likeness (QED) is 0.391. The first-order chi connectivity index (χ1) is 12.2. The maximum Gasteiger partial charge on any atom is 0.219 e. The van der Waals surface area contributed by atoms with Gasteiger partial charge in [-0.1, -0.05) is 24.3 Å². The van der Waals surface area contributed by atoms with Gasteiger partial charge in [0.2, 0.25) is 5.91 Å². The average Bonchev–Trinajstić information content (AvgIpc) is 2.64. The number of aliphatic imine (C=N–C) groups is 1. The molecule has 1 saturated heterocycles. The number of amides is 1. The molecule has 1 heterocycles. The van der Waals surface area contributed by atoms with Gasteiger partial charge in [0.25, 0.3) is 0 Å². The molecule has 2 rings (SSSR count). The highest BCUT2D eigenvalue weighted by molar-refractivity contribution is 14.0. The normalized spacial score (nSPS) is 14.8. The number of ether oxygens (including phenoxy) is 1. The van der Waals surface area contributed by atoms with Crippen molar-refractivity contribution < 1.29 is 9.53 Å². The average molecular weight is 474 g/mol. The van der Waals surface area contributed by atoms with Gasteiger partial charge in [0.1, 0.15) is 0 Å². The molecule has 0 aromatic heterocycles. The lowest BCUT2D eigenvalue weighted by Crippen LogP contribution is -2.53. The zero-order valence-corrected chi connectivity index (χ0v) is 18.4. The minimum Gasteiger partial charge on any atom is -0.377 e. The van der Waals surface area contributed by atoms with Crippen molar-refractivity contribution in [1.29, 1.82) is 0 Å². The lowest BCUT2D eigenvalue weighted by Gasteiger charge is -2.36. The van der Waals surface area contributed by atoms with E-state index in [4.69, 9.17) is 9.73 Å². The summed E-state index contributed by atoms with van der Waals surface area (Å²) >= 11 is 0. The predicted octanol–water partition coefficient (Wildman–Crippen LogP) is 2.47. The number of guanidine groups is 1. The number of benzene rings is 1. The Morgan fingerprint density at radius 2 is 1.73 bits per heavy atom. The molecule has 1 aliphatic heterocycles. The fraction of sp³-hybridized carbons (Fsp3) is 0.579. The lowest BCUT2D eigenvalue weighted by atomic mass is 10.1. The van der Waals surface area contributed by atoms with Crippen LogP contribution in [0.4, 0.5) is 0 Å². The highest BCUT2D eigenvalue weighted by Crippen LogP contribution is 2.12. The van der Waals surface area contributed by atoms with Crippen LogP contribution in [-0.2, 0) is 22.7 Å². The summed E-state index contributed by atoms with van der Waals surface area (Å²) < 4.78 is 5.55. The third kappa shape index (κ3) is 6.75. The van der Waals surface area contributed by atoms with Crippen molar-refractivity contribution in [2.75, 3.05) is 39.3 Å². The number of rotatable bonds is 6. The third-order valence-corrected chi connectivity index (χ3v) is 4.34. The van der Waals surface area contributed by atoms with Crippen molar-refractivity contribution >= 4 is 35.8 Å². The summed E-state index contributed by atoms with van der Waals surface area (Å²) in [5.41, 5.74) is 2.37. The molecule has 7 heteroatoms. The Morgan fingerprint density at radius 1 is 1.12 bits per heavy atom. The Bertz CT molecular complexity index is 587. The molecule has 0 saturated carbocycles. The molecular formula is C19H31IN4O2. The first-order valence-corrected chi connectivity index (χ1v) is 9.09. The molecule has 0 radical (unpaired) electrons. The smallest absolute Gasteiger partial charge is 0.219 e. The van der Waals surface area contributed by atoms with Gasteiger partial charge in [0.05, 0.1) is 13.2 Å². The van der Waals surface area contributed by atoms with Crippen LogP contribution in [0.5, 0.6) is 0 Å². The topological polar surface area (TPSA) is 57.2 Å². The van der Waals surface area contributed by atoms with E-state index < -0.39 is 0 Å². The fourth-order valence-electron chi connectivity index (χ4n) is 2.88.